The number of aliphatic hydroxyl groups excluding tert-OH is 2. The molecule has 0 aliphatic heterocycles. The summed E-state index contributed by atoms with van der Waals surface area (Å²) >= 11 is 0. The summed E-state index contributed by atoms with van der Waals surface area (Å²) in [5.41, 5.74) is 10.00. The average Bonchev–Trinajstić information content (AvgIpc) is 4.24. The smallest absolute Gasteiger partial charge is 0.0995 e. The number of rotatable bonds is 8. The number of imidazole rings is 2. The van der Waals surface area contributed by atoms with Crippen molar-refractivity contribution >= 4 is 32.6 Å². The highest BCUT2D eigenvalue weighted by atomic mass is 16.3. The van der Waals surface area contributed by atoms with E-state index in [2.05, 4.69) is 128 Å². The summed E-state index contributed by atoms with van der Waals surface area (Å²) in [7, 11) is 0. The molecule has 4 saturated carbocycles. The first-order chi connectivity index (χ1) is 29.6. The quantitative estimate of drug-likeness (QED) is 0.161. The third-order valence-electron chi connectivity index (χ3n) is 14.9. The second-order valence-corrected chi connectivity index (χ2v) is 18.5. The lowest BCUT2D eigenvalue weighted by Gasteiger charge is -2.33. The van der Waals surface area contributed by atoms with Gasteiger partial charge in [-0.3, -0.25) is 0 Å². The fraction of sp³-hybridized carbons (Fsp3) is 0.370. The molecule has 4 aliphatic rings. The number of fused-ring (bicyclic) bond motifs is 4. The van der Waals surface area contributed by atoms with Crippen LogP contribution >= 0.6 is 0 Å². The Morgan fingerprint density at radius 2 is 0.767 bits per heavy atom. The van der Waals surface area contributed by atoms with Gasteiger partial charge in [-0.1, -0.05) is 97.1 Å². The van der Waals surface area contributed by atoms with Crippen molar-refractivity contribution in [2.24, 2.45) is 11.8 Å². The van der Waals surface area contributed by atoms with Gasteiger partial charge in [0.2, 0.25) is 0 Å². The molecule has 6 nitrogen and oxygen atoms in total. The van der Waals surface area contributed by atoms with Gasteiger partial charge in [-0.2, -0.15) is 0 Å². The predicted octanol–water partition coefficient (Wildman–Crippen LogP) is 12.7. The molecule has 6 heteroatoms. The summed E-state index contributed by atoms with van der Waals surface area (Å²) in [6.45, 7) is 0. The van der Waals surface area contributed by atoms with Crippen molar-refractivity contribution in [1.82, 2.24) is 18.8 Å². The first kappa shape index (κ1) is 37.7. The molecule has 0 saturated heterocycles. The van der Waals surface area contributed by atoms with Gasteiger partial charge < -0.3 is 19.0 Å². The van der Waals surface area contributed by atoms with E-state index in [-0.39, 0.29) is 0 Å². The SMILES string of the molecule is O[C@@H](c1c(C2CC2)ccc2cncn12)C1CCC(c2cccc3ccccc23)CC1.O[C@H](c1c(C2CC2)ccc2cncn12)C1CCC(c2cccc3ccccc23)CC1. The second-order valence-electron chi connectivity index (χ2n) is 18.5. The minimum Gasteiger partial charge on any atom is -0.387 e. The number of aliphatic hydroxyl groups is 2. The zero-order valence-electron chi connectivity index (χ0n) is 34.5. The zero-order valence-corrected chi connectivity index (χ0v) is 34.5. The predicted molar refractivity (Wildman–Crippen MR) is 242 cm³/mol. The molecule has 4 aromatic carbocycles. The highest BCUT2D eigenvalue weighted by molar-refractivity contribution is 5.87. The molecule has 12 rings (SSSR count). The first-order valence-electron chi connectivity index (χ1n) is 22.8. The molecule has 0 bridgehead atoms. The number of hydrogen-bond donors (Lipinski definition) is 2. The van der Waals surface area contributed by atoms with Gasteiger partial charge in [0.05, 0.1) is 59.7 Å². The van der Waals surface area contributed by atoms with E-state index in [1.165, 1.54) is 69.5 Å². The van der Waals surface area contributed by atoms with Crippen molar-refractivity contribution in [1.29, 1.82) is 0 Å². The van der Waals surface area contributed by atoms with Crippen molar-refractivity contribution in [3.63, 3.8) is 0 Å². The average molecular weight is 793 g/mol. The summed E-state index contributed by atoms with van der Waals surface area (Å²) in [6, 6.07) is 39.6. The van der Waals surface area contributed by atoms with E-state index in [0.29, 0.717) is 35.5 Å². The fourth-order valence-corrected chi connectivity index (χ4v) is 11.3. The molecule has 0 amide bonds. The topological polar surface area (TPSA) is 75.1 Å². The molecule has 60 heavy (non-hydrogen) atoms. The Morgan fingerprint density at radius 1 is 0.400 bits per heavy atom. The standard InChI is InChI=1S/2C27H28N2O/c2*30-27(26-25(20-8-9-20)15-14-22-16-28-17-29(22)26)21-12-10-19(11-13-21)24-7-3-5-18-4-1-2-6-23(18)24/h2*1-7,14-17,19-21,27,30H,8-13H2/t2*19?,21?,27-/m10/s1. The van der Waals surface area contributed by atoms with Crippen LogP contribution in [0.15, 0.2) is 134 Å². The molecule has 4 aliphatic carbocycles. The van der Waals surface area contributed by atoms with Crippen molar-refractivity contribution in [2.45, 2.75) is 113 Å². The van der Waals surface area contributed by atoms with Crippen LogP contribution in [0.4, 0.5) is 0 Å². The van der Waals surface area contributed by atoms with Crippen LogP contribution in [-0.2, 0) is 0 Å². The lowest BCUT2D eigenvalue weighted by atomic mass is 9.74. The van der Waals surface area contributed by atoms with E-state index in [4.69, 9.17) is 0 Å². The highest BCUT2D eigenvalue weighted by Crippen LogP contribution is 2.49. The maximum atomic E-state index is 11.5. The molecule has 4 heterocycles. The number of benzene rings is 4. The van der Waals surface area contributed by atoms with Crippen molar-refractivity contribution < 1.29 is 10.2 Å². The molecule has 0 radical (unpaired) electrons. The van der Waals surface area contributed by atoms with Crippen LogP contribution in [0.1, 0.15) is 147 Å². The monoisotopic (exact) mass is 792 g/mol. The second kappa shape index (κ2) is 15.9. The summed E-state index contributed by atoms with van der Waals surface area (Å²) in [4.78, 5) is 8.69. The maximum absolute atomic E-state index is 11.5. The van der Waals surface area contributed by atoms with Gasteiger partial charge in [-0.15, -0.1) is 0 Å². The molecule has 2 N–H and O–H groups in total. The van der Waals surface area contributed by atoms with Crippen LogP contribution < -0.4 is 0 Å². The summed E-state index contributed by atoms with van der Waals surface area (Å²) in [5.74, 6) is 3.06. The molecule has 4 aromatic heterocycles. The van der Waals surface area contributed by atoms with Gasteiger partial charge in [0.25, 0.3) is 0 Å². The Balaban J connectivity index is 0.000000136. The maximum Gasteiger partial charge on any atom is 0.0995 e. The zero-order chi connectivity index (χ0) is 40.2. The summed E-state index contributed by atoms with van der Waals surface area (Å²) < 4.78 is 4.27. The molecular weight excluding hydrogens is 737 g/mol. The minimum atomic E-state index is -0.410. The molecule has 304 valence electrons. The highest BCUT2D eigenvalue weighted by Gasteiger charge is 2.36. The van der Waals surface area contributed by atoms with Crippen LogP contribution in [0.2, 0.25) is 0 Å². The third-order valence-corrected chi connectivity index (χ3v) is 14.9. The largest absolute Gasteiger partial charge is 0.387 e. The van der Waals surface area contributed by atoms with Crippen LogP contribution in [0.5, 0.6) is 0 Å². The third kappa shape index (κ3) is 7.12. The van der Waals surface area contributed by atoms with E-state index in [1.54, 1.807) is 0 Å². The van der Waals surface area contributed by atoms with Gasteiger partial charge in [0.15, 0.2) is 0 Å². The Hall–Kier alpha value is -5.30. The van der Waals surface area contributed by atoms with Crippen LogP contribution in [-0.4, -0.2) is 29.0 Å². The Kier molecular flexibility index (Phi) is 10.0. The number of pyridine rings is 2. The Morgan fingerprint density at radius 3 is 1.18 bits per heavy atom. The molecule has 8 aromatic rings. The van der Waals surface area contributed by atoms with E-state index in [1.807, 2.05) is 25.0 Å². The van der Waals surface area contributed by atoms with Crippen LogP contribution in [0.3, 0.4) is 0 Å². The van der Waals surface area contributed by atoms with Crippen molar-refractivity contribution in [3.05, 3.63) is 168 Å². The summed E-state index contributed by atoms with van der Waals surface area (Å²) in [6.07, 6.45) is 20.6. The number of aromatic nitrogens is 4. The van der Waals surface area contributed by atoms with Crippen molar-refractivity contribution in [3.8, 4) is 0 Å². The minimum absolute atomic E-state index is 0.321. The molecule has 2 atom stereocenters. The molecular formula is C54H56N4O2. The molecule has 0 spiro atoms. The Labute approximate surface area is 353 Å². The van der Waals surface area contributed by atoms with Gasteiger partial charge in [-0.25, -0.2) is 9.97 Å². The molecule has 0 unspecified atom stereocenters. The normalized spacial score (nSPS) is 23.1. The molecule has 4 fully saturated rings. The van der Waals surface area contributed by atoms with E-state index in [0.717, 1.165) is 73.8 Å². The van der Waals surface area contributed by atoms with Gasteiger partial charge in [0, 0.05) is 0 Å². The number of hydrogen-bond acceptors (Lipinski definition) is 4. The fourth-order valence-electron chi connectivity index (χ4n) is 11.3. The van der Waals surface area contributed by atoms with Crippen molar-refractivity contribution in [2.75, 3.05) is 0 Å². The van der Waals surface area contributed by atoms with Gasteiger partial charge >= 0.3 is 0 Å². The van der Waals surface area contributed by atoms with E-state index in [9.17, 15) is 10.2 Å². The van der Waals surface area contributed by atoms with E-state index >= 15 is 0 Å². The van der Waals surface area contributed by atoms with Gasteiger partial charge in [0.1, 0.15) is 0 Å². The Bertz CT molecular complexity index is 2580. The van der Waals surface area contributed by atoms with Crippen LogP contribution in [0, 0.1) is 11.8 Å². The van der Waals surface area contributed by atoms with Gasteiger partial charge in [-0.05, 0) is 168 Å². The first-order valence-corrected chi connectivity index (χ1v) is 22.8. The number of nitrogens with zero attached hydrogens (tertiary/aromatic N) is 4. The summed E-state index contributed by atoms with van der Waals surface area (Å²) in [5, 5.41) is 28.4. The lowest BCUT2D eigenvalue weighted by molar-refractivity contribution is 0.0754. The van der Waals surface area contributed by atoms with Crippen LogP contribution in [0.25, 0.3) is 32.6 Å². The lowest BCUT2D eigenvalue weighted by Crippen LogP contribution is -2.22. The van der Waals surface area contributed by atoms with E-state index < -0.39 is 12.2 Å².